The molecule has 0 saturated carbocycles. The van der Waals surface area contributed by atoms with Crippen molar-refractivity contribution in [2.45, 2.75) is 6.42 Å². The minimum Gasteiger partial charge on any atom is -0.386 e. The van der Waals surface area contributed by atoms with E-state index in [2.05, 4.69) is 16.8 Å². The van der Waals surface area contributed by atoms with Crippen molar-refractivity contribution in [3.05, 3.63) is 41.2 Å². The summed E-state index contributed by atoms with van der Waals surface area (Å²) >= 11 is 6.24. The Hall–Kier alpha value is -1.72. The van der Waals surface area contributed by atoms with Gasteiger partial charge in [-0.3, -0.25) is 4.79 Å². The first-order chi connectivity index (χ1) is 9.58. The largest absolute Gasteiger partial charge is 0.386 e. The number of carbonyl (C=O) groups excluding carboxylic acids is 1. The summed E-state index contributed by atoms with van der Waals surface area (Å²) in [5.74, 6) is -0.0879. The minimum atomic E-state index is -0.222. The predicted molar refractivity (Wildman–Crippen MR) is 79.7 cm³/mol. The zero-order chi connectivity index (χ0) is 14.5. The van der Waals surface area contributed by atoms with Crippen LogP contribution in [0.3, 0.4) is 0 Å². The topological polar surface area (TPSA) is 67.6 Å². The van der Waals surface area contributed by atoms with Gasteiger partial charge in [0.1, 0.15) is 0 Å². The fourth-order valence-electron chi connectivity index (χ4n) is 2.21. The first-order valence-corrected chi connectivity index (χ1v) is 6.80. The van der Waals surface area contributed by atoms with Crippen LogP contribution in [0.1, 0.15) is 5.56 Å². The summed E-state index contributed by atoms with van der Waals surface area (Å²) in [5, 5.41) is 3.07. The number of benzene rings is 1. The summed E-state index contributed by atoms with van der Waals surface area (Å²) in [5.41, 5.74) is 7.15. The highest BCUT2D eigenvalue weighted by molar-refractivity contribution is 6.32. The fourth-order valence-corrected chi connectivity index (χ4v) is 2.44. The van der Waals surface area contributed by atoms with Crippen LogP contribution >= 0.6 is 11.6 Å². The smallest absolute Gasteiger partial charge is 0.230 e. The van der Waals surface area contributed by atoms with Crippen LogP contribution in [-0.4, -0.2) is 32.2 Å². The highest BCUT2D eigenvalue weighted by Gasteiger charge is 2.18. The van der Waals surface area contributed by atoms with Gasteiger partial charge in [-0.2, -0.15) is 0 Å². The number of rotatable bonds is 4. The lowest BCUT2D eigenvalue weighted by Crippen LogP contribution is -2.37. The molecule has 1 aromatic rings. The third kappa shape index (κ3) is 3.65. The molecule has 0 unspecified atom stereocenters. The van der Waals surface area contributed by atoms with E-state index in [1.807, 2.05) is 12.1 Å². The molecule has 1 fully saturated rings. The maximum absolute atomic E-state index is 11.9. The lowest BCUT2D eigenvalue weighted by molar-refractivity contribution is -0.119. The quantitative estimate of drug-likeness (QED) is 0.878. The van der Waals surface area contributed by atoms with Crippen molar-refractivity contribution < 1.29 is 9.53 Å². The van der Waals surface area contributed by atoms with Gasteiger partial charge in [-0.15, -0.1) is 0 Å². The van der Waals surface area contributed by atoms with Gasteiger partial charge in [0.2, 0.25) is 5.91 Å². The molecule has 1 aromatic carbocycles. The number of nitrogens with zero attached hydrogens (tertiary/aromatic N) is 1. The van der Waals surface area contributed by atoms with Gasteiger partial charge in [-0.05, 0) is 12.1 Å². The number of amides is 1. The second kappa shape index (κ2) is 6.63. The van der Waals surface area contributed by atoms with Crippen molar-refractivity contribution in [2.75, 3.05) is 31.2 Å². The summed E-state index contributed by atoms with van der Waals surface area (Å²) in [6, 6.07) is 5.64. The Kier molecular flexibility index (Phi) is 4.87. The second-order valence-electron chi connectivity index (χ2n) is 4.59. The Bertz CT molecular complexity index is 513. The molecule has 0 aromatic heterocycles. The monoisotopic (exact) mass is 295 g/mol. The first-order valence-electron chi connectivity index (χ1n) is 6.42. The third-order valence-electron chi connectivity index (χ3n) is 3.08. The zero-order valence-corrected chi connectivity index (χ0v) is 11.9. The molecule has 3 N–H and O–H groups in total. The van der Waals surface area contributed by atoms with Crippen LogP contribution in [0.25, 0.3) is 0 Å². The van der Waals surface area contributed by atoms with E-state index in [9.17, 15) is 4.79 Å². The summed E-state index contributed by atoms with van der Waals surface area (Å²) in [6.07, 6.45) is 0.169. The summed E-state index contributed by atoms with van der Waals surface area (Å²) in [4.78, 5) is 14.0. The highest BCUT2D eigenvalue weighted by atomic mass is 35.5. The number of nitrogens with one attached hydrogen (secondary N) is 1. The van der Waals surface area contributed by atoms with E-state index in [0.717, 1.165) is 24.3 Å². The van der Waals surface area contributed by atoms with Crippen LogP contribution in [-0.2, 0) is 16.0 Å². The van der Waals surface area contributed by atoms with Gasteiger partial charge in [0.15, 0.2) is 0 Å². The summed E-state index contributed by atoms with van der Waals surface area (Å²) < 4.78 is 5.34. The van der Waals surface area contributed by atoms with E-state index < -0.39 is 0 Å². The molecule has 0 aliphatic carbocycles. The van der Waals surface area contributed by atoms with E-state index in [1.54, 1.807) is 6.07 Å². The average molecular weight is 296 g/mol. The van der Waals surface area contributed by atoms with Crippen LogP contribution in [0.2, 0.25) is 5.02 Å². The van der Waals surface area contributed by atoms with E-state index >= 15 is 0 Å². The minimum absolute atomic E-state index is 0.134. The van der Waals surface area contributed by atoms with Crippen LogP contribution in [0.4, 0.5) is 5.69 Å². The standard InChI is InChI=1S/C14H18ClN3O2/c1-10(16)17-14(19)9-11-12(15)3-2-4-13(11)18-5-7-20-8-6-18/h2-4H,1,5-9,16H2,(H,17,19). The molecule has 1 aliphatic rings. The molecular weight excluding hydrogens is 278 g/mol. The van der Waals surface area contributed by atoms with E-state index in [4.69, 9.17) is 22.1 Å². The van der Waals surface area contributed by atoms with Crippen molar-refractivity contribution >= 4 is 23.2 Å². The Balaban J connectivity index is 2.21. The van der Waals surface area contributed by atoms with Crippen molar-refractivity contribution in [1.82, 2.24) is 5.32 Å². The molecule has 5 nitrogen and oxygen atoms in total. The van der Waals surface area contributed by atoms with Crippen molar-refractivity contribution in [2.24, 2.45) is 5.73 Å². The number of hydrogen-bond donors (Lipinski definition) is 2. The van der Waals surface area contributed by atoms with Gasteiger partial charge in [-0.1, -0.05) is 24.2 Å². The van der Waals surface area contributed by atoms with Gasteiger partial charge in [-0.25, -0.2) is 0 Å². The molecule has 0 spiro atoms. The number of carbonyl (C=O) groups is 1. The van der Waals surface area contributed by atoms with Gasteiger partial charge >= 0.3 is 0 Å². The molecular formula is C14H18ClN3O2. The average Bonchev–Trinajstić information content (AvgIpc) is 2.41. The van der Waals surface area contributed by atoms with Crippen LogP contribution < -0.4 is 16.0 Å². The molecule has 0 atom stereocenters. The lowest BCUT2D eigenvalue weighted by Gasteiger charge is -2.31. The van der Waals surface area contributed by atoms with Gasteiger partial charge in [0, 0.05) is 29.4 Å². The predicted octanol–water partition coefficient (Wildman–Crippen LogP) is 1.27. The first kappa shape index (κ1) is 14.7. The third-order valence-corrected chi connectivity index (χ3v) is 3.44. The number of anilines is 1. The molecule has 0 bridgehead atoms. The van der Waals surface area contributed by atoms with E-state index in [1.165, 1.54) is 0 Å². The van der Waals surface area contributed by atoms with Gasteiger partial charge < -0.3 is 20.7 Å². The van der Waals surface area contributed by atoms with Crippen molar-refractivity contribution in [3.8, 4) is 0 Å². The van der Waals surface area contributed by atoms with Crippen LogP contribution in [0.15, 0.2) is 30.6 Å². The lowest BCUT2D eigenvalue weighted by atomic mass is 10.1. The maximum Gasteiger partial charge on any atom is 0.230 e. The Labute approximate surface area is 123 Å². The molecule has 108 valence electrons. The number of morpholine rings is 1. The normalized spacial score (nSPS) is 14.9. The Morgan fingerprint density at radius 2 is 2.15 bits per heavy atom. The number of nitrogens with two attached hydrogens (primary N) is 1. The molecule has 20 heavy (non-hydrogen) atoms. The SMILES string of the molecule is C=C(N)NC(=O)Cc1c(Cl)cccc1N1CCOCC1. The number of hydrogen-bond acceptors (Lipinski definition) is 4. The summed E-state index contributed by atoms with van der Waals surface area (Å²) in [7, 11) is 0. The van der Waals surface area contributed by atoms with Crippen LogP contribution in [0, 0.1) is 0 Å². The van der Waals surface area contributed by atoms with E-state index in [-0.39, 0.29) is 18.1 Å². The second-order valence-corrected chi connectivity index (χ2v) is 4.99. The maximum atomic E-state index is 11.9. The van der Waals surface area contributed by atoms with Crippen LogP contribution in [0.5, 0.6) is 0 Å². The summed E-state index contributed by atoms with van der Waals surface area (Å²) in [6.45, 7) is 6.39. The van der Waals surface area contributed by atoms with Gasteiger partial charge in [0.05, 0.1) is 25.5 Å². The fraction of sp³-hybridized carbons (Fsp3) is 0.357. The van der Waals surface area contributed by atoms with Gasteiger partial charge in [0.25, 0.3) is 0 Å². The van der Waals surface area contributed by atoms with Crippen molar-refractivity contribution in [3.63, 3.8) is 0 Å². The molecule has 1 aliphatic heterocycles. The number of halogens is 1. The molecule has 0 radical (unpaired) electrons. The van der Waals surface area contributed by atoms with E-state index in [0.29, 0.717) is 18.2 Å². The number of ether oxygens (including phenoxy) is 1. The Morgan fingerprint density at radius 3 is 2.80 bits per heavy atom. The Morgan fingerprint density at radius 1 is 1.45 bits per heavy atom. The molecule has 1 heterocycles. The highest BCUT2D eigenvalue weighted by Crippen LogP contribution is 2.28. The molecule has 1 amide bonds. The molecule has 1 saturated heterocycles. The van der Waals surface area contributed by atoms with Crippen molar-refractivity contribution in [1.29, 1.82) is 0 Å². The molecule has 6 heteroatoms. The molecule has 2 rings (SSSR count). The zero-order valence-electron chi connectivity index (χ0n) is 11.2.